The number of ether oxygens (including phenoxy) is 1. The van der Waals surface area contributed by atoms with Crippen molar-refractivity contribution in [1.82, 2.24) is 24.8 Å². The second-order valence-electron chi connectivity index (χ2n) is 6.89. The molecule has 1 unspecified atom stereocenters. The van der Waals surface area contributed by atoms with Crippen LogP contribution in [0.15, 0.2) is 28.5 Å². The van der Waals surface area contributed by atoms with E-state index in [1.807, 2.05) is 4.57 Å². The molecule has 2 aromatic heterocycles. The first-order chi connectivity index (χ1) is 14.4. The number of rotatable bonds is 7. The standard InChI is InChI=1S/C19H21IN6O3S/c1-10(27)18(28)22-4-2-5-26-17-15(16(21)23-9-24-17)25-19(26)30-14-8-13-11(3-6-29-13)7-12(14)20/h7-10,27H,2-6H2,1H3,(H,22,28)(H2,21,23,24). The second-order valence-corrected chi connectivity index (χ2v) is 9.06. The number of carbonyl (C=O) groups excluding carboxylic acids is 1. The maximum Gasteiger partial charge on any atom is 0.248 e. The van der Waals surface area contributed by atoms with E-state index >= 15 is 0 Å². The molecular weight excluding hydrogens is 519 g/mol. The number of nitrogen functional groups attached to an aromatic ring is 1. The van der Waals surface area contributed by atoms with Crippen LogP contribution in [0.25, 0.3) is 11.2 Å². The van der Waals surface area contributed by atoms with Gasteiger partial charge >= 0.3 is 0 Å². The minimum absolute atomic E-state index is 0.329. The number of hydrogen-bond acceptors (Lipinski definition) is 8. The van der Waals surface area contributed by atoms with Crippen molar-refractivity contribution >= 4 is 57.2 Å². The maximum absolute atomic E-state index is 11.6. The Morgan fingerprint density at radius 1 is 1.47 bits per heavy atom. The maximum atomic E-state index is 11.6. The first-order valence-corrected chi connectivity index (χ1v) is 11.4. The van der Waals surface area contributed by atoms with Crippen LogP contribution in [0.3, 0.4) is 0 Å². The van der Waals surface area contributed by atoms with E-state index in [9.17, 15) is 9.90 Å². The van der Waals surface area contributed by atoms with E-state index in [1.165, 1.54) is 30.6 Å². The van der Waals surface area contributed by atoms with Gasteiger partial charge < -0.3 is 25.5 Å². The first kappa shape index (κ1) is 21.1. The molecule has 3 aromatic rings. The van der Waals surface area contributed by atoms with E-state index < -0.39 is 6.10 Å². The molecule has 4 N–H and O–H groups in total. The van der Waals surface area contributed by atoms with Gasteiger partial charge in [0.15, 0.2) is 22.1 Å². The molecule has 30 heavy (non-hydrogen) atoms. The van der Waals surface area contributed by atoms with Crippen molar-refractivity contribution < 1.29 is 14.6 Å². The monoisotopic (exact) mass is 540 g/mol. The molecule has 0 saturated heterocycles. The molecule has 0 fully saturated rings. The number of hydrogen-bond donors (Lipinski definition) is 3. The summed E-state index contributed by atoms with van der Waals surface area (Å²) in [6.45, 7) is 3.16. The van der Waals surface area contributed by atoms with Crippen molar-refractivity contribution in [3.05, 3.63) is 27.6 Å². The van der Waals surface area contributed by atoms with Crippen molar-refractivity contribution in [1.29, 1.82) is 0 Å². The van der Waals surface area contributed by atoms with Gasteiger partial charge in [0.2, 0.25) is 5.91 Å². The van der Waals surface area contributed by atoms with Crippen LogP contribution in [0.1, 0.15) is 18.9 Å². The lowest BCUT2D eigenvalue weighted by Crippen LogP contribution is -2.33. The molecule has 11 heteroatoms. The lowest BCUT2D eigenvalue weighted by molar-refractivity contribution is -0.128. The average molecular weight is 540 g/mol. The summed E-state index contributed by atoms with van der Waals surface area (Å²) in [6.07, 6.45) is 1.97. The van der Waals surface area contributed by atoms with E-state index in [2.05, 4.69) is 55.0 Å². The molecule has 0 radical (unpaired) electrons. The van der Waals surface area contributed by atoms with Gasteiger partial charge in [0.05, 0.1) is 6.61 Å². The Kier molecular flexibility index (Phi) is 6.29. The molecule has 1 aromatic carbocycles. The zero-order chi connectivity index (χ0) is 21.3. The minimum atomic E-state index is -1.03. The van der Waals surface area contributed by atoms with Gasteiger partial charge in [-0.3, -0.25) is 4.79 Å². The number of aliphatic hydroxyl groups excluding tert-OH is 1. The Labute approximate surface area is 191 Å². The number of amides is 1. The molecule has 1 amide bonds. The van der Waals surface area contributed by atoms with Crippen LogP contribution in [0, 0.1) is 3.57 Å². The number of aromatic nitrogens is 4. The summed E-state index contributed by atoms with van der Waals surface area (Å²) in [5, 5.41) is 12.8. The van der Waals surface area contributed by atoms with Crippen LogP contribution >= 0.6 is 34.4 Å². The summed E-state index contributed by atoms with van der Waals surface area (Å²) in [5.74, 6) is 0.857. The van der Waals surface area contributed by atoms with Gasteiger partial charge in [-0.1, -0.05) is 11.8 Å². The first-order valence-electron chi connectivity index (χ1n) is 9.49. The van der Waals surface area contributed by atoms with Crippen molar-refractivity contribution in [2.24, 2.45) is 0 Å². The van der Waals surface area contributed by atoms with Crippen molar-refractivity contribution in [3.8, 4) is 5.75 Å². The molecule has 0 aliphatic carbocycles. The van der Waals surface area contributed by atoms with Crippen LogP contribution < -0.4 is 15.8 Å². The Bertz CT molecular complexity index is 1100. The molecule has 1 aliphatic rings. The number of carbonyl (C=O) groups is 1. The predicted octanol–water partition coefficient (Wildman–Crippen LogP) is 1.99. The summed E-state index contributed by atoms with van der Waals surface area (Å²) >= 11 is 3.85. The van der Waals surface area contributed by atoms with Crippen LogP contribution in [-0.4, -0.2) is 49.8 Å². The number of nitrogens with one attached hydrogen (secondary N) is 1. The normalized spacial score (nSPS) is 13.8. The van der Waals surface area contributed by atoms with Crippen LogP contribution in [-0.2, 0) is 17.8 Å². The quantitative estimate of drug-likeness (QED) is 0.307. The average Bonchev–Trinajstić information content (AvgIpc) is 3.30. The second kappa shape index (κ2) is 8.94. The fourth-order valence-corrected chi connectivity index (χ4v) is 4.97. The molecule has 0 spiro atoms. The fraction of sp³-hybridized carbons (Fsp3) is 0.368. The molecular formula is C19H21IN6O3S. The fourth-order valence-electron chi connectivity index (χ4n) is 3.16. The minimum Gasteiger partial charge on any atom is -0.493 e. The third-order valence-corrected chi connectivity index (χ3v) is 7.02. The Morgan fingerprint density at radius 3 is 3.10 bits per heavy atom. The zero-order valence-corrected chi connectivity index (χ0v) is 19.2. The van der Waals surface area contributed by atoms with Gasteiger partial charge in [0, 0.05) is 28.0 Å². The number of halogens is 1. The van der Waals surface area contributed by atoms with Crippen LogP contribution in [0.4, 0.5) is 5.82 Å². The number of imidazole rings is 1. The number of nitrogens with two attached hydrogens (primary N) is 1. The SMILES string of the molecule is CC(O)C(=O)NCCCn1c(Sc2cc3c(cc2I)CCO3)nc2c(N)ncnc21. The smallest absolute Gasteiger partial charge is 0.248 e. The van der Waals surface area contributed by atoms with Gasteiger partial charge in [-0.05, 0) is 53.6 Å². The molecule has 1 atom stereocenters. The lowest BCUT2D eigenvalue weighted by atomic mass is 10.2. The molecule has 9 nitrogen and oxygen atoms in total. The number of fused-ring (bicyclic) bond motifs is 2. The summed E-state index contributed by atoms with van der Waals surface area (Å²) < 4.78 is 8.83. The van der Waals surface area contributed by atoms with Crippen LogP contribution in [0.5, 0.6) is 5.75 Å². The van der Waals surface area contributed by atoms with Gasteiger partial charge in [0.25, 0.3) is 0 Å². The summed E-state index contributed by atoms with van der Waals surface area (Å²) in [5.41, 5.74) is 8.45. The molecule has 3 heterocycles. The Hall–Kier alpha value is -2.12. The van der Waals surface area contributed by atoms with Crippen molar-refractivity contribution in [2.45, 2.75) is 42.5 Å². The Morgan fingerprint density at radius 2 is 2.30 bits per heavy atom. The van der Waals surface area contributed by atoms with E-state index in [0.29, 0.717) is 43.1 Å². The van der Waals surface area contributed by atoms with Crippen molar-refractivity contribution in [2.75, 3.05) is 18.9 Å². The Balaban J connectivity index is 1.60. The molecule has 158 valence electrons. The topological polar surface area (TPSA) is 128 Å². The largest absolute Gasteiger partial charge is 0.493 e. The highest BCUT2D eigenvalue weighted by Gasteiger charge is 2.20. The molecule has 1 aliphatic heterocycles. The van der Waals surface area contributed by atoms with Gasteiger partial charge in [0.1, 0.15) is 18.2 Å². The third kappa shape index (κ3) is 4.32. The van der Waals surface area contributed by atoms with Crippen LogP contribution in [0.2, 0.25) is 0 Å². The van der Waals surface area contributed by atoms with Gasteiger partial charge in [-0.15, -0.1) is 0 Å². The highest BCUT2D eigenvalue weighted by molar-refractivity contribution is 14.1. The number of benzene rings is 1. The predicted molar refractivity (Wildman–Crippen MR) is 122 cm³/mol. The third-order valence-electron chi connectivity index (χ3n) is 4.71. The van der Waals surface area contributed by atoms with E-state index in [-0.39, 0.29) is 5.91 Å². The lowest BCUT2D eigenvalue weighted by Gasteiger charge is -2.11. The summed E-state index contributed by atoms with van der Waals surface area (Å²) in [4.78, 5) is 25.7. The van der Waals surface area contributed by atoms with Gasteiger partial charge in [-0.25, -0.2) is 15.0 Å². The zero-order valence-electron chi connectivity index (χ0n) is 16.3. The van der Waals surface area contributed by atoms with Gasteiger partial charge in [-0.2, -0.15) is 0 Å². The number of nitrogens with zero attached hydrogens (tertiary/aromatic N) is 4. The highest BCUT2D eigenvalue weighted by Crippen LogP contribution is 2.38. The summed E-state index contributed by atoms with van der Waals surface area (Å²) in [6, 6.07) is 4.20. The number of anilines is 1. The summed E-state index contributed by atoms with van der Waals surface area (Å²) in [7, 11) is 0. The van der Waals surface area contributed by atoms with E-state index in [1.54, 1.807) is 0 Å². The van der Waals surface area contributed by atoms with Crippen molar-refractivity contribution in [3.63, 3.8) is 0 Å². The van der Waals surface area contributed by atoms with E-state index in [4.69, 9.17) is 10.5 Å². The highest BCUT2D eigenvalue weighted by atomic mass is 127. The molecule has 0 bridgehead atoms. The molecule has 4 rings (SSSR count). The number of aliphatic hydroxyl groups is 1. The number of aryl methyl sites for hydroxylation is 1. The molecule has 0 saturated carbocycles. The van der Waals surface area contributed by atoms with E-state index in [0.717, 1.165) is 25.8 Å².